The van der Waals surface area contributed by atoms with E-state index in [1.165, 1.54) is 5.56 Å². The van der Waals surface area contributed by atoms with Crippen LogP contribution in [0.4, 0.5) is 0 Å². The Morgan fingerprint density at radius 1 is 1.22 bits per heavy atom. The van der Waals surface area contributed by atoms with Gasteiger partial charge in [-0.15, -0.1) is 0 Å². The number of pyridine rings is 2. The van der Waals surface area contributed by atoms with Crippen molar-refractivity contribution in [2.45, 2.75) is 13.0 Å². The molecule has 0 aliphatic carbocycles. The predicted molar refractivity (Wildman–Crippen MR) is 70.7 cm³/mol. The van der Waals surface area contributed by atoms with Crippen molar-refractivity contribution in [3.63, 3.8) is 0 Å². The minimum absolute atomic E-state index is 0.0931. The molecule has 0 radical (unpaired) electrons. The van der Waals surface area contributed by atoms with E-state index in [0.717, 1.165) is 16.9 Å². The van der Waals surface area contributed by atoms with E-state index in [2.05, 4.69) is 22.2 Å². The van der Waals surface area contributed by atoms with Gasteiger partial charge in [0.2, 0.25) is 0 Å². The number of ether oxygens (including phenoxy) is 1. The Labute approximate surface area is 107 Å². The molecule has 2 rings (SSSR count). The minimum Gasteiger partial charge on any atom is -0.495 e. The molecule has 4 heteroatoms. The van der Waals surface area contributed by atoms with E-state index in [1.807, 2.05) is 31.6 Å². The fourth-order valence-electron chi connectivity index (χ4n) is 2.01. The first kappa shape index (κ1) is 12.5. The lowest BCUT2D eigenvalue weighted by molar-refractivity contribution is 0.411. The zero-order chi connectivity index (χ0) is 13.0. The van der Waals surface area contributed by atoms with Gasteiger partial charge >= 0.3 is 0 Å². The molecule has 2 aromatic heterocycles. The predicted octanol–water partition coefficient (Wildman–Crippen LogP) is 2.10. The summed E-state index contributed by atoms with van der Waals surface area (Å²) >= 11 is 0. The lowest BCUT2D eigenvalue weighted by Gasteiger charge is -2.19. The summed E-state index contributed by atoms with van der Waals surface area (Å²) in [7, 11) is 3.58. The number of methoxy groups -OCH3 is 1. The summed E-state index contributed by atoms with van der Waals surface area (Å²) in [6.45, 7) is 2.06. The molecule has 0 spiro atoms. The Bertz CT molecular complexity index is 528. The Morgan fingerprint density at radius 3 is 2.72 bits per heavy atom. The topological polar surface area (TPSA) is 47.0 Å². The second-order valence-electron chi connectivity index (χ2n) is 4.11. The number of hydrogen-bond acceptors (Lipinski definition) is 4. The van der Waals surface area contributed by atoms with Crippen molar-refractivity contribution in [2.75, 3.05) is 14.2 Å². The molecule has 0 aliphatic heterocycles. The van der Waals surface area contributed by atoms with Gasteiger partial charge in [-0.2, -0.15) is 0 Å². The van der Waals surface area contributed by atoms with Gasteiger partial charge in [0, 0.05) is 18.6 Å². The number of nitrogens with one attached hydrogen (secondary N) is 1. The summed E-state index contributed by atoms with van der Waals surface area (Å²) in [4.78, 5) is 8.32. The number of nitrogens with zero attached hydrogens (tertiary/aromatic N) is 2. The zero-order valence-electron chi connectivity index (χ0n) is 10.8. The first-order chi connectivity index (χ1) is 8.76. The standard InChI is InChI=1S/C14H17N3O/c1-10-7-16-5-4-13(10)14(15-2)11-6-12(18-3)9-17-8-11/h4-9,14-15H,1-3H3. The van der Waals surface area contributed by atoms with Crippen molar-refractivity contribution in [2.24, 2.45) is 0 Å². The maximum atomic E-state index is 5.21. The number of aromatic nitrogens is 2. The second-order valence-corrected chi connectivity index (χ2v) is 4.11. The van der Waals surface area contributed by atoms with Crippen molar-refractivity contribution < 1.29 is 4.74 Å². The molecule has 0 aliphatic rings. The van der Waals surface area contributed by atoms with Gasteiger partial charge in [-0.3, -0.25) is 9.97 Å². The van der Waals surface area contributed by atoms with E-state index >= 15 is 0 Å². The fourth-order valence-corrected chi connectivity index (χ4v) is 2.01. The SMILES string of the molecule is CNC(c1cncc(OC)c1)c1ccncc1C. The first-order valence-corrected chi connectivity index (χ1v) is 5.83. The maximum absolute atomic E-state index is 5.21. The van der Waals surface area contributed by atoms with Gasteiger partial charge in [-0.1, -0.05) is 0 Å². The van der Waals surface area contributed by atoms with Crippen LogP contribution in [0.5, 0.6) is 5.75 Å². The van der Waals surface area contributed by atoms with Crippen molar-refractivity contribution in [3.05, 3.63) is 53.6 Å². The summed E-state index contributed by atoms with van der Waals surface area (Å²) in [5.41, 5.74) is 3.42. The van der Waals surface area contributed by atoms with Gasteiger partial charge in [0.15, 0.2) is 0 Å². The number of rotatable bonds is 4. The van der Waals surface area contributed by atoms with E-state index in [1.54, 1.807) is 19.5 Å². The largest absolute Gasteiger partial charge is 0.495 e. The van der Waals surface area contributed by atoms with Crippen LogP contribution in [0.1, 0.15) is 22.7 Å². The lowest BCUT2D eigenvalue weighted by atomic mass is 9.98. The van der Waals surface area contributed by atoms with E-state index in [-0.39, 0.29) is 6.04 Å². The minimum atomic E-state index is 0.0931. The molecule has 1 unspecified atom stereocenters. The molecule has 0 aromatic carbocycles. The van der Waals surface area contributed by atoms with Gasteiger partial charge in [-0.25, -0.2) is 0 Å². The van der Waals surface area contributed by atoms with Crippen LogP contribution in [-0.4, -0.2) is 24.1 Å². The Morgan fingerprint density at radius 2 is 2.06 bits per heavy atom. The smallest absolute Gasteiger partial charge is 0.137 e. The molecule has 0 saturated carbocycles. The van der Waals surface area contributed by atoms with E-state index < -0.39 is 0 Å². The average molecular weight is 243 g/mol. The van der Waals surface area contributed by atoms with Crippen LogP contribution in [0.15, 0.2) is 36.9 Å². The Balaban J connectivity index is 2.42. The van der Waals surface area contributed by atoms with Crippen LogP contribution in [0, 0.1) is 6.92 Å². The molecule has 1 N–H and O–H groups in total. The summed E-state index contributed by atoms with van der Waals surface area (Å²) < 4.78 is 5.21. The quantitative estimate of drug-likeness (QED) is 0.893. The van der Waals surface area contributed by atoms with Crippen LogP contribution in [0.3, 0.4) is 0 Å². The van der Waals surface area contributed by atoms with Crippen molar-refractivity contribution in [3.8, 4) is 5.75 Å². The summed E-state index contributed by atoms with van der Waals surface area (Å²) in [6, 6.07) is 4.11. The highest BCUT2D eigenvalue weighted by Crippen LogP contribution is 2.25. The molecule has 0 amide bonds. The van der Waals surface area contributed by atoms with Crippen molar-refractivity contribution in [1.29, 1.82) is 0 Å². The summed E-state index contributed by atoms with van der Waals surface area (Å²) in [5, 5.41) is 3.30. The van der Waals surface area contributed by atoms with Gasteiger partial charge in [0.25, 0.3) is 0 Å². The maximum Gasteiger partial charge on any atom is 0.137 e. The highest BCUT2D eigenvalue weighted by molar-refractivity contribution is 5.36. The van der Waals surface area contributed by atoms with Crippen molar-refractivity contribution in [1.82, 2.24) is 15.3 Å². The zero-order valence-corrected chi connectivity index (χ0v) is 10.8. The van der Waals surface area contributed by atoms with Crippen LogP contribution in [0.2, 0.25) is 0 Å². The van der Waals surface area contributed by atoms with Gasteiger partial charge in [-0.05, 0) is 42.8 Å². The number of aryl methyl sites for hydroxylation is 1. The van der Waals surface area contributed by atoms with E-state index in [9.17, 15) is 0 Å². The Hall–Kier alpha value is -1.94. The molecule has 2 aromatic rings. The van der Waals surface area contributed by atoms with Gasteiger partial charge in [0.1, 0.15) is 5.75 Å². The Kier molecular flexibility index (Phi) is 3.89. The monoisotopic (exact) mass is 243 g/mol. The molecule has 4 nitrogen and oxygen atoms in total. The third-order valence-corrected chi connectivity index (χ3v) is 2.97. The molecule has 18 heavy (non-hydrogen) atoms. The molecule has 0 bridgehead atoms. The fraction of sp³-hybridized carbons (Fsp3) is 0.286. The molecular weight excluding hydrogens is 226 g/mol. The third kappa shape index (κ3) is 2.49. The number of hydrogen-bond donors (Lipinski definition) is 1. The lowest BCUT2D eigenvalue weighted by Crippen LogP contribution is -2.19. The highest BCUT2D eigenvalue weighted by atomic mass is 16.5. The van der Waals surface area contributed by atoms with Crippen LogP contribution in [0.25, 0.3) is 0 Å². The third-order valence-electron chi connectivity index (χ3n) is 2.97. The molecule has 1 atom stereocenters. The van der Waals surface area contributed by atoms with Crippen molar-refractivity contribution >= 4 is 0 Å². The summed E-state index contributed by atoms with van der Waals surface area (Å²) in [5.74, 6) is 0.763. The average Bonchev–Trinajstić information content (AvgIpc) is 2.42. The van der Waals surface area contributed by atoms with Crippen LogP contribution in [-0.2, 0) is 0 Å². The molecule has 2 heterocycles. The molecule has 0 fully saturated rings. The van der Waals surface area contributed by atoms with Crippen LogP contribution >= 0.6 is 0 Å². The molecular formula is C14H17N3O. The molecule has 0 saturated heterocycles. The van der Waals surface area contributed by atoms with Gasteiger partial charge < -0.3 is 10.1 Å². The molecule has 94 valence electrons. The van der Waals surface area contributed by atoms with Crippen LogP contribution < -0.4 is 10.1 Å². The summed E-state index contributed by atoms with van der Waals surface area (Å²) in [6.07, 6.45) is 7.23. The van der Waals surface area contributed by atoms with E-state index in [4.69, 9.17) is 4.74 Å². The first-order valence-electron chi connectivity index (χ1n) is 5.83. The van der Waals surface area contributed by atoms with Gasteiger partial charge in [0.05, 0.1) is 19.3 Å². The highest BCUT2D eigenvalue weighted by Gasteiger charge is 2.15. The van der Waals surface area contributed by atoms with E-state index in [0.29, 0.717) is 0 Å². The normalized spacial score (nSPS) is 12.2. The second kappa shape index (κ2) is 5.60.